The van der Waals surface area contributed by atoms with Crippen molar-refractivity contribution >= 4 is 32.8 Å². The number of thiazole rings is 1. The van der Waals surface area contributed by atoms with Crippen LogP contribution in [0.4, 0.5) is 13.2 Å². The molecule has 2 heterocycles. The molecule has 0 atom stereocenters. The first-order chi connectivity index (χ1) is 15.6. The molecule has 0 bridgehead atoms. The second-order valence-electron chi connectivity index (χ2n) is 7.26. The molecule has 10 heteroatoms. The fraction of sp³-hybridized carbons (Fsp3) is 0.130. The lowest BCUT2D eigenvalue weighted by molar-refractivity contribution is -0.0437. The third-order valence-corrected chi connectivity index (χ3v) is 7.44. The average molecular weight is 509 g/mol. The number of aromatic nitrogens is 2. The van der Waals surface area contributed by atoms with E-state index < -0.39 is 21.1 Å². The van der Waals surface area contributed by atoms with Gasteiger partial charge in [0.1, 0.15) is 5.01 Å². The summed E-state index contributed by atoms with van der Waals surface area (Å²) in [7, 11) is -5.28. The molecule has 0 aliphatic heterocycles. The summed E-state index contributed by atoms with van der Waals surface area (Å²) in [5.74, 6) is -1.17. The zero-order chi connectivity index (χ0) is 23.6. The van der Waals surface area contributed by atoms with Crippen LogP contribution in [0.1, 0.15) is 16.8 Å². The van der Waals surface area contributed by atoms with Crippen molar-refractivity contribution in [2.45, 2.75) is 17.7 Å². The van der Waals surface area contributed by atoms with Crippen molar-refractivity contribution in [3.63, 3.8) is 0 Å². The van der Waals surface area contributed by atoms with Gasteiger partial charge in [0, 0.05) is 34.8 Å². The van der Waals surface area contributed by atoms with Gasteiger partial charge >= 0.3 is 5.51 Å². The Labute approximate surface area is 197 Å². The van der Waals surface area contributed by atoms with E-state index in [1.165, 1.54) is 29.5 Å². The van der Waals surface area contributed by atoms with E-state index in [2.05, 4.69) is 9.97 Å². The molecule has 2 aromatic heterocycles. The van der Waals surface area contributed by atoms with Gasteiger partial charge in [0.05, 0.1) is 16.5 Å². The van der Waals surface area contributed by atoms with E-state index in [4.69, 9.17) is 11.6 Å². The van der Waals surface area contributed by atoms with Crippen LogP contribution in [0, 0.1) is 0 Å². The van der Waals surface area contributed by atoms with Gasteiger partial charge in [-0.2, -0.15) is 13.2 Å². The highest BCUT2D eigenvalue weighted by Crippen LogP contribution is 2.34. The van der Waals surface area contributed by atoms with Crippen LogP contribution >= 0.6 is 22.9 Å². The van der Waals surface area contributed by atoms with Crippen molar-refractivity contribution in [2.24, 2.45) is 0 Å². The number of benzene rings is 2. The molecule has 33 heavy (non-hydrogen) atoms. The van der Waals surface area contributed by atoms with Crippen LogP contribution in [-0.4, -0.2) is 23.9 Å². The molecule has 0 unspecified atom stereocenters. The van der Waals surface area contributed by atoms with E-state index in [0.29, 0.717) is 17.7 Å². The molecule has 0 N–H and O–H groups in total. The summed E-state index contributed by atoms with van der Waals surface area (Å²) in [6, 6.07) is 17.8. The van der Waals surface area contributed by atoms with E-state index in [1.807, 2.05) is 42.5 Å². The molecule has 2 aromatic carbocycles. The quantitative estimate of drug-likeness (QED) is 0.296. The van der Waals surface area contributed by atoms with Gasteiger partial charge in [0.2, 0.25) is 0 Å². The van der Waals surface area contributed by atoms with Gasteiger partial charge < -0.3 is 0 Å². The van der Waals surface area contributed by atoms with Gasteiger partial charge in [0.15, 0.2) is 0 Å². The van der Waals surface area contributed by atoms with Gasteiger partial charge in [-0.1, -0.05) is 54.1 Å². The summed E-state index contributed by atoms with van der Waals surface area (Å²) in [4.78, 5) is 9.03. The Kier molecular flexibility index (Phi) is 6.56. The molecule has 0 radical (unpaired) electrons. The Morgan fingerprint density at radius 1 is 0.970 bits per heavy atom. The summed E-state index contributed by atoms with van der Waals surface area (Å²) in [5, 5.41) is 2.66. The molecule has 0 saturated heterocycles. The molecular weight excluding hydrogens is 493 g/mol. The summed E-state index contributed by atoms with van der Waals surface area (Å²) in [5.41, 5.74) is -1.39. The number of hydrogen-bond donors (Lipinski definition) is 0. The van der Waals surface area contributed by atoms with Crippen LogP contribution in [0.5, 0.6) is 0 Å². The predicted octanol–water partition coefficient (Wildman–Crippen LogP) is 6.55. The second-order valence-corrected chi connectivity index (χ2v) is 10.5. The Morgan fingerprint density at radius 2 is 1.73 bits per heavy atom. The Morgan fingerprint density at radius 3 is 2.42 bits per heavy atom. The van der Waals surface area contributed by atoms with Crippen LogP contribution in [0.2, 0.25) is 5.02 Å². The van der Waals surface area contributed by atoms with Gasteiger partial charge in [-0.3, -0.25) is 4.98 Å². The van der Waals surface area contributed by atoms with Crippen LogP contribution in [-0.2, 0) is 22.0 Å². The van der Waals surface area contributed by atoms with Crippen molar-refractivity contribution in [2.75, 3.05) is 0 Å². The first-order valence-corrected chi connectivity index (χ1v) is 12.6. The zero-order valence-corrected chi connectivity index (χ0v) is 19.3. The molecule has 4 aromatic rings. The van der Waals surface area contributed by atoms with Gasteiger partial charge in [0.25, 0.3) is 9.84 Å². The first kappa shape index (κ1) is 23.4. The van der Waals surface area contributed by atoms with E-state index in [1.54, 1.807) is 11.6 Å². The molecule has 170 valence electrons. The highest BCUT2D eigenvalue weighted by molar-refractivity contribution is 7.91. The lowest BCUT2D eigenvalue weighted by Gasteiger charge is -2.09. The topological polar surface area (TPSA) is 59.9 Å². The molecule has 4 nitrogen and oxygen atoms in total. The SMILES string of the molecule is O=S(=O)(Cc1ccc(-c2csc(-c3ccnc(Cc4ccccc4)c3)n2)c(Cl)c1)C(F)(F)F. The Bertz CT molecular complexity index is 1390. The Balaban J connectivity index is 1.56. The van der Waals surface area contributed by atoms with Crippen LogP contribution in [0.25, 0.3) is 21.8 Å². The van der Waals surface area contributed by atoms with Crippen LogP contribution in [0.3, 0.4) is 0 Å². The lowest BCUT2D eigenvalue weighted by atomic mass is 10.1. The molecule has 0 fully saturated rings. The molecule has 0 saturated carbocycles. The minimum atomic E-state index is -5.31. The molecule has 0 amide bonds. The fourth-order valence-corrected chi connectivity index (χ4v) is 5.10. The summed E-state index contributed by atoms with van der Waals surface area (Å²) in [6.45, 7) is 0. The predicted molar refractivity (Wildman–Crippen MR) is 124 cm³/mol. The third kappa shape index (κ3) is 5.43. The number of hydrogen-bond acceptors (Lipinski definition) is 5. The van der Waals surface area contributed by atoms with Gasteiger partial charge in [-0.05, 0) is 29.3 Å². The minimum Gasteiger partial charge on any atom is -0.261 e. The van der Waals surface area contributed by atoms with Gasteiger partial charge in [-0.15, -0.1) is 11.3 Å². The maximum absolute atomic E-state index is 12.6. The van der Waals surface area contributed by atoms with Gasteiger partial charge in [-0.25, -0.2) is 13.4 Å². The summed E-state index contributed by atoms with van der Waals surface area (Å²) < 4.78 is 60.7. The number of sulfone groups is 1. The highest BCUT2D eigenvalue weighted by atomic mass is 35.5. The number of halogens is 4. The second kappa shape index (κ2) is 9.24. The molecule has 0 spiro atoms. The number of rotatable bonds is 6. The number of alkyl halides is 3. The monoisotopic (exact) mass is 508 g/mol. The van der Waals surface area contributed by atoms with Crippen molar-refractivity contribution in [1.82, 2.24) is 9.97 Å². The minimum absolute atomic E-state index is 0.0452. The normalized spacial score (nSPS) is 12.1. The smallest absolute Gasteiger partial charge is 0.261 e. The summed E-state index contributed by atoms with van der Waals surface area (Å²) in [6.07, 6.45) is 2.40. The van der Waals surface area contributed by atoms with E-state index in [0.717, 1.165) is 21.8 Å². The molecule has 4 rings (SSSR count). The highest BCUT2D eigenvalue weighted by Gasteiger charge is 2.45. The molecule has 0 aliphatic carbocycles. The number of nitrogens with zero attached hydrogens (tertiary/aromatic N) is 2. The first-order valence-electron chi connectivity index (χ1n) is 9.65. The largest absolute Gasteiger partial charge is 0.497 e. The average Bonchev–Trinajstić information content (AvgIpc) is 3.24. The van der Waals surface area contributed by atoms with Crippen LogP contribution in [0.15, 0.2) is 72.2 Å². The van der Waals surface area contributed by atoms with E-state index in [9.17, 15) is 21.6 Å². The van der Waals surface area contributed by atoms with E-state index in [-0.39, 0.29) is 10.6 Å². The summed E-state index contributed by atoms with van der Waals surface area (Å²) >= 11 is 7.65. The van der Waals surface area contributed by atoms with Crippen molar-refractivity contribution in [3.8, 4) is 21.8 Å². The maximum Gasteiger partial charge on any atom is 0.497 e. The Hall–Kier alpha value is -2.75. The molecule has 0 aliphatic rings. The van der Waals surface area contributed by atoms with Crippen molar-refractivity contribution in [1.29, 1.82) is 0 Å². The van der Waals surface area contributed by atoms with Crippen molar-refractivity contribution < 1.29 is 21.6 Å². The molecular formula is C23H16ClF3N2O2S2. The van der Waals surface area contributed by atoms with Crippen LogP contribution < -0.4 is 0 Å². The maximum atomic E-state index is 12.6. The van der Waals surface area contributed by atoms with Crippen molar-refractivity contribution in [3.05, 3.63) is 94.1 Å². The fourth-order valence-electron chi connectivity index (χ4n) is 3.20. The zero-order valence-electron chi connectivity index (χ0n) is 16.9. The third-order valence-electron chi connectivity index (χ3n) is 4.81. The standard InChI is InChI=1S/C23H16ClF3N2O2S2/c24-20-11-16(14-33(30,31)23(25,26)27)6-7-19(20)21-13-32-22(29-21)17-8-9-28-18(12-17)10-15-4-2-1-3-5-15/h1-9,11-13H,10,14H2. The lowest BCUT2D eigenvalue weighted by Crippen LogP contribution is -2.24. The van der Waals surface area contributed by atoms with E-state index >= 15 is 0 Å². The number of pyridine rings is 1.